The van der Waals surface area contributed by atoms with E-state index >= 15 is 0 Å². The zero-order valence-corrected chi connectivity index (χ0v) is 13.3. The molecule has 1 aromatic carbocycles. The highest BCUT2D eigenvalue weighted by atomic mass is 19.4. The lowest BCUT2D eigenvalue weighted by Crippen LogP contribution is -2.40. The van der Waals surface area contributed by atoms with Crippen molar-refractivity contribution in [1.82, 2.24) is 10.2 Å². The van der Waals surface area contributed by atoms with E-state index in [1.54, 1.807) is 10.2 Å². The summed E-state index contributed by atoms with van der Waals surface area (Å²) >= 11 is 0. The molecule has 0 saturated carbocycles. The second-order valence-electron chi connectivity index (χ2n) is 5.98. The Bertz CT molecular complexity index is 561. The topological polar surface area (TPSA) is 49.4 Å². The van der Waals surface area contributed by atoms with E-state index in [-0.39, 0.29) is 6.04 Å². The zero-order valence-electron chi connectivity index (χ0n) is 13.3. The van der Waals surface area contributed by atoms with Gasteiger partial charge >= 0.3 is 6.18 Å². The van der Waals surface area contributed by atoms with Crippen LogP contribution in [0.3, 0.4) is 0 Å². The summed E-state index contributed by atoms with van der Waals surface area (Å²) < 4.78 is 36.2. The Morgan fingerprint density at radius 1 is 1.21 bits per heavy atom. The molecule has 0 aliphatic carbocycles. The summed E-state index contributed by atoms with van der Waals surface area (Å²) in [7, 11) is 0. The van der Waals surface area contributed by atoms with Crippen molar-refractivity contribution in [3.8, 4) is 0 Å². The first kappa shape index (κ1) is 18.3. The number of carbonyl (C=O) groups excluding carboxylic acids is 2. The van der Waals surface area contributed by atoms with E-state index in [9.17, 15) is 22.8 Å². The maximum absolute atomic E-state index is 12.2. The predicted octanol–water partition coefficient (Wildman–Crippen LogP) is 2.68. The first-order chi connectivity index (χ1) is 11.3. The molecule has 1 fully saturated rings. The number of nitrogens with zero attached hydrogens (tertiary/aromatic N) is 1. The Hall–Kier alpha value is -2.05. The number of hydrogen-bond acceptors (Lipinski definition) is 2. The normalized spacial score (nSPS) is 17.8. The summed E-state index contributed by atoms with van der Waals surface area (Å²) in [6, 6.07) is 9.94. The Balaban J connectivity index is 1.81. The van der Waals surface area contributed by atoms with Crippen LogP contribution in [0.25, 0.3) is 0 Å². The van der Waals surface area contributed by atoms with E-state index in [2.05, 4.69) is 0 Å². The third-order valence-corrected chi connectivity index (χ3v) is 4.10. The number of rotatable bonds is 6. The van der Waals surface area contributed by atoms with Crippen molar-refractivity contribution in [3.05, 3.63) is 35.9 Å². The van der Waals surface area contributed by atoms with Gasteiger partial charge in [0.2, 0.25) is 11.8 Å². The summed E-state index contributed by atoms with van der Waals surface area (Å²) in [4.78, 5) is 25.3. The van der Waals surface area contributed by atoms with Crippen molar-refractivity contribution < 1.29 is 22.8 Å². The molecular formula is C17H21F3N2O2. The number of benzene rings is 1. The van der Waals surface area contributed by atoms with Gasteiger partial charge in [0.25, 0.3) is 0 Å². The largest absolute Gasteiger partial charge is 0.405 e. The molecule has 1 unspecified atom stereocenters. The molecule has 0 bridgehead atoms. The van der Waals surface area contributed by atoms with Gasteiger partial charge in [0.05, 0.1) is 0 Å². The molecule has 132 valence electrons. The smallest absolute Gasteiger partial charge is 0.347 e. The number of carbonyl (C=O) groups is 2. The number of aryl methyl sites for hydroxylation is 1. The van der Waals surface area contributed by atoms with Crippen molar-refractivity contribution in [1.29, 1.82) is 0 Å². The van der Waals surface area contributed by atoms with Gasteiger partial charge in [-0.2, -0.15) is 13.2 Å². The summed E-state index contributed by atoms with van der Waals surface area (Å²) in [6.45, 7) is -0.846. The van der Waals surface area contributed by atoms with Gasteiger partial charge < -0.3 is 10.2 Å². The third kappa shape index (κ3) is 5.86. The number of alkyl halides is 3. The molecule has 0 spiro atoms. The standard InChI is InChI=1S/C17H21F3N2O2/c18-17(19,20)12-21-15(23)11-16(24)22-10-4-7-14(22)9-8-13-5-2-1-3-6-13/h1-3,5-6,14H,4,7-12H2,(H,21,23). The molecule has 2 amide bonds. The van der Waals surface area contributed by atoms with Crippen LogP contribution in [-0.4, -0.2) is 42.0 Å². The van der Waals surface area contributed by atoms with Crippen molar-refractivity contribution in [2.75, 3.05) is 13.1 Å². The first-order valence-electron chi connectivity index (χ1n) is 8.02. The van der Waals surface area contributed by atoms with Gasteiger partial charge in [0.1, 0.15) is 13.0 Å². The van der Waals surface area contributed by atoms with E-state index in [0.29, 0.717) is 6.54 Å². The Kier molecular flexibility index (Phi) is 6.23. The van der Waals surface area contributed by atoms with Gasteiger partial charge in [-0.15, -0.1) is 0 Å². The van der Waals surface area contributed by atoms with E-state index < -0.39 is 31.0 Å². The van der Waals surface area contributed by atoms with Crippen LogP contribution in [0.15, 0.2) is 30.3 Å². The third-order valence-electron chi connectivity index (χ3n) is 4.10. The number of nitrogens with one attached hydrogen (secondary N) is 1. The molecule has 1 saturated heterocycles. The lowest BCUT2D eigenvalue weighted by Gasteiger charge is -2.24. The molecule has 1 N–H and O–H groups in total. The lowest BCUT2D eigenvalue weighted by atomic mass is 10.0. The van der Waals surface area contributed by atoms with Gasteiger partial charge in [0.15, 0.2) is 0 Å². The highest BCUT2D eigenvalue weighted by Crippen LogP contribution is 2.22. The Morgan fingerprint density at radius 2 is 1.92 bits per heavy atom. The summed E-state index contributed by atoms with van der Waals surface area (Å²) in [6.07, 6.45) is -1.66. The highest BCUT2D eigenvalue weighted by molar-refractivity contribution is 5.97. The summed E-state index contributed by atoms with van der Waals surface area (Å²) in [5, 5.41) is 1.74. The van der Waals surface area contributed by atoms with Crippen LogP contribution in [0.1, 0.15) is 31.2 Å². The van der Waals surface area contributed by atoms with Crippen molar-refractivity contribution >= 4 is 11.8 Å². The number of likely N-dealkylation sites (tertiary alicyclic amines) is 1. The van der Waals surface area contributed by atoms with Crippen LogP contribution in [0, 0.1) is 0 Å². The average Bonchev–Trinajstić information content (AvgIpc) is 3.00. The van der Waals surface area contributed by atoms with Gasteiger partial charge in [-0.25, -0.2) is 0 Å². The molecule has 1 aromatic rings. The molecule has 2 rings (SSSR count). The predicted molar refractivity (Wildman–Crippen MR) is 83.2 cm³/mol. The van der Waals surface area contributed by atoms with E-state index in [1.807, 2.05) is 30.3 Å². The van der Waals surface area contributed by atoms with Gasteiger partial charge in [-0.3, -0.25) is 9.59 Å². The maximum atomic E-state index is 12.2. The fraction of sp³-hybridized carbons (Fsp3) is 0.529. The van der Waals surface area contributed by atoms with Gasteiger partial charge in [0, 0.05) is 12.6 Å². The monoisotopic (exact) mass is 342 g/mol. The van der Waals surface area contributed by atoms with Crippen LogP contribution >= 0.6 is 0 Å². The minimum atomic E-state index is -4.47. The molecule has 1 heterocycles. The molecule has 1 atom stereocenters. The minimum absolute atomic E-state index is 0.0492. The van der Waals surface area contributed by atoms with Crippen molar-refractivity contribution in [2.45, 2.75) is 44.3 Å². The van der Waals surface area contributed by atoms with Crippen LogP contribution < -0.4 is 5.32 Å². The number of halogens is 3. The maximum Gasteiger partial charge on any atom is 0.405 e. The van der Waals surface area contributed by atoms with E-state index in [0.717, 1.165) is 25.7 Å². The van der Waals surface area contributed by atoms with Crippen molar-refractivity contribution in [2.24, 2.45) is 0 Å². The fourth-order valence-corrected chi connectivity index (χ4v) is 2.94. The zero-order chi connectivity index (χ0) is 17.6. The number of amides is 2. The molecule has 24 heavy (non-hydrogen) atoms. The molecule has 7 heteroatoms. The molecule has 0 radical (unpaired) electrons. The number of hydrogen-bond donors (Lipinski definition) is 1. The molecule has 0 aromatic heterocycles. The molecular weight excluding hydrogens is 321 g/mol. The van der Waals surface area contributed by atoms with Gasteiger partial charge in [-0.1, -0.05) is 30.3 Å². The first-order valence-corrected chi connectivity index (χ1v) is 8.02. The van der Waals surface area contributed by atoms with Crippen LogP contribution in [-0.2, 0) is 16.0 Å². The quantitative estimate of drug-likeness (QED) is 0.808. The summed E-state index contributed by atoms with van der Waals surface area (Å²) in [5.41, 5.74) is 1.18. The summed E-state index contributed by atoms with van der Waals surface area (Å²) in [5.74, 6) is -1.28. The molecule has 1 aliphatic heterocycles. The highest BCUT2D eigenvalue weighted by Gasteiger charge is 2.31. The SMILES string of the molecule is O=C(CC(=O)N1CCCC1CCc1ccccc1)NCC(F)(F)F. The van der Waals surface area contributed by atoms with Crippen LogP contribution in [0.4, 0.5) is 13.2 Å². The second kappa shape index (κ2) is 8.17. The second-order valence-corrected chi connectivity index (χ2v) is 5.98. The average molecular weight is 342 g/mol. The van der Waals surface area contributed by atoms with Gasteiger partial charge in [-0.05, 0) is 31.2 Å². The van der Waals surface area contributed by atoms with Crippen molar-refractivity contribution in [3.63, 3.8) is 0 Å². The Labute approximate surface area is 139 Å². The molecule has 1 aliphatic rings. The van der Waals surface area contributed by atoms with Crippen LogP contribution in [0.5, 0.6) is 0 Å². The van der Waals surface area contributed by atoms with E-state index in [4.69, 9.17) is 0 Å². The Morgan fingerprint density at radius 3 is 2.58 bits per heavy atom. The minimum Gasteiger partial charge on any atom is -0.347 e. The molecule has 4 nitrogen and oxygen atoms in total. The lowest BCUT2D eigenvalue weighted by molar-refractivity contribution is -0.143. The van der Waals surface area contributed by atoms with Crippen LogP contribution in [0.2, 0.25) is 0 Å². The fourth-order valence-electron chi connectivity index (χ4n) is 2.94. The van der Waals surface area contributed by atoms with E-state index in [1.165, 1.54) is 5.56 Å².